The second kappa shape index (κ2) is 4.38. The van der Waals surface area contributed by atoms with Gasteiger partial charge in [-0.2, -0.15) is 0 Å². The molecule has 0 saturated carbocycles. The minimum Gasteiger partial charge on any atom is -0.456 e. The summed E-state index contributed by atoms with van der Waals surface area (Å²) in [6.45, 7) is 0. The molecule has 3 aromatic rings. The maximum absolute atomic E-state index is 5.95. The van der Waals surface area contributed by atoms with Crippen LogP contribution in [-0.4, -0.2) is 0 Å². The van der Waals surface area contributed by atoms with Gasteiger partial charge in [0.1, 0.15) is 11.3 Å². The number of para-hydroxylation sites is 1. The van der Waals surface area contributed by atoms with Crippen molar-refractivity contribution in [3.8, 4) is 11.3 Å². The van der Waals surface area contributed by atoms with Crippen LogP contribution in [0.3, 0.4) is 0 Å². The van der Waals surface area contributed by atoms with Crippen LogP contribution in [0.5, 0.6) is 0 Å². The van der Waals surface area contributed by atoms with Gasteiger partial charge in [0.15, 0.2) is 0 Å². The van der Waals surface area contributed by atoms with E-state index >= 15 is 0 Å². The zero-order valence-corrected chi connectivity index (χ0v) is 10.8. The van der Waals surface area contributed by atoms with E-state index in [1.54, 1.807) is 0 Å². The molecular formula is C15H11BrO. The largest absolute Gasteiger partial charge is 0.456 e. The molecule has 0 unspecified atom stereocenters. The fourth-order valence-corrected chi connectivity index (χ4v) is 2.41. The molecule has 0 aliphatic heterocycles. The molecule has 0 saturated heterocycles. The van der Waals surface area contributed by atoms with Crippen molar-refractivity contribution in [3.05, 3.63) is 60.2 Å². The van der Waals surface area contributed by atoms with Gasteiger partial charge < -0.3 is 4.42 Å². The average molecular weight is 287 g/mol. The lowest BCUT2D eigenvalue weighted by Gasteiger charge is -1.96. The molecule has 1 heterocycles. The lowest BCUT2D eigenvalue weighted by Crippen LogP contribution is -1.75. The summed E-state index contributed by atoms with van der Waals surface area (Å²) in [4.78, 5) is 0. The maximum atomic E-state index is 5.95. The Balaban J connectivity index is 2.20. The van der Waals surface area contributed by atoms with E-state index < -0.39 is 0 Å². The van der Waals surface area contributed by atoms with Crippen LogP contribution >= 0.6 is 15.9 Å². The second-order valence-electron chi connectivity index (χ2n) is 3.95. The summed E-state index contributed by atoms with van der Waals surface area (Å²) in [5.41, 5.74) is 3.28. The first-order valence-electron chi connectivity index (χ1n) is 5.51. The van der Waals surface area contributed by atoms with Crippen LogP contribution in [0.15, 0.2) is 59.0 Å². The Hall–Kier alpha value is -1.54. The van der Waals surface area contributed by atoms with E-state index in [9.17, 15) is 0 Å². The maximum Gasteiger partial charge on any atom is 0.138 e. The van der Waals surface area contributed by atoms with Crippen LogP contribution in [0.25, 0.3) is 22.3 Å². The predicted octanol–water partition coefficient (Wildman–Crippen LogP) is 4.99. The molecule has 0 atom stereocenters. The van der Waals surface area contributed by atoms with Crippen LogP contribution in [0, 0.1) is 0 Å². The quantitative estimate of drug-likeness (QED) is 0.605. The minimum atomic E-state index is 0.812. The summed E-state index contributed by atoms with van der Waals surface area (Å²) in [5, 5.41) is 1.97. The number of rotatable bonds is 2. The van der Waals surface area contributed by atoms with Crippen LogP contribution in [0.1, 0.15) is 5.56 Å². The summed E-state index contributed by atoms with van der Waals surface area (Å²) in [7, 11) is 0. The highest BCUT2D eigenvalue weighted by atomic mass is 79.9. The number of furan rings is 1. The van der Waals surface area contributed by atoms with Crippen molar-refractivity contribution in [3.63, 3.8) is 0 Å². The topological polar surface area (TPSA) is 13.1 Å². The van der Waals surface area contributed by atoms with Crippen molar-refractivity contribution in [1.82, 2.24) is 0 Å². The van der Waals surface area contributed by atoms with Gasteiger partial charge in [-0.25, -0.2) is 0 Å². The molecule has 2 heteroatoms. The number of benzene rings is 2. The van der Waals surface area contributed by atoms with E-state index in [1.807, 2.05) is 18.2 Å². The lowest BCUT2D eigenvalue weighted by atomic mass is 10.1. The van der Waals surface area contributed by atoms with Gasteiger partial charge in [-0.1, -0.05) is 64.5 Å². The third-order valence-corrected chi connectivity index (χ3v) is 3.43. The van der Waals surface area contributed by atoms with Crippen molar-refractivity contribution in [2.24, 2.45) is 0 Å². The zero-order chi connectivity index (χ0) is 11.7. The van der Waals surface area contributed by atoms with Crippen molar-refractivity contribution < 1.29 is 4.42 Å². The second-order valence-corrected chi connectivity index (χ2v) is 4.51. The molecule has 0 aliphatic carbocycles. The number of hydrogen-bond acceptors (Lipinski definition) is 1. The first-order chi connectivity index (χ1) is 8.38. The molecule has 84 valence electrons. The summed E-state index contributed by atoms with van der Waals surface area (Å²) in [6, 6.07) is 18.5. The molecule has 1 nitrogen and oxygen atoms in total. The first-order valence-corrected chi connectivity index (χ1v) is 6.63. The Morgan fingerprint density at radius 3 is 2.53 bits per heavy atom. The molecule has 2 aromatic carbocycles. The summed E-state index contributed by atoms with van der Waals surface area (Å²) in [6.07, 6.45) is 0. The van der Waals surface area contributed by atoms with Gasteiger partial charge >= 0.3 is 0 Å². The number of halogens is 1. The Morgan fingerprint density at radius 1 is 0.941 bits per heavy atom. The van der Waals surface area contributed by atoms with Crippen LogP contribution < -0.4 is 0 Å². The fraction of sp³-hybridized carbons (Fsp3) is 0.0667. The molecule has 0 radical (unpaired) electrons. The van der Waals surface area contributed by atoms with Gasteiger partial charge in [0.2, 0.25) is 0 Å². The van der Waals surface area contributed by atoms with E-state index in [2.05, 4.69) is 52.3 Å². The fourth-order valence-electron chi connectivity index (χ4n) is 1.97. The summed E-state index contributed by atoms with van der Waals surface area (Å²) >= 11 is 3.48. The van der Waals surface area contributed by atoms with Crippen molar-refractivity contribution >= 4 is 26.9 Å². The van der Waals surface area contributed by atoms with Gasteiger partial charge in [-0.05, 0) is 6.07 Å². The summed E-state index contributed by atoms with van der Waals surface area (Å²) in [5.74, 6) is 0.925. The van der Waals surface area contributed by atoms with Crippen molar-refractivity contribution in [1.29, 1.82) is 0 Å². The third kappa shape index (κ3) is 1.89. The molecule has 3 rings (SSSR count). The van der Waals surface area contributed by atoms with Gasteiger partial charge in [0.25, 0.3) is 0 Å². The Bertz CT molecular complexity index is 640. The number of alkyl halides is 1. The van der Waals surface area contributed by atoms with E-state index in [0.29, 0.717) is 0 Å². The average Bonchev–Trinajstić information content (AvgIpc) is 2.83. The first kappa shape index (κ1) is 10.6. The van der Waals surface area contributed by atoms with Crippen molar-refractivity contribution in [2.75, 3.05) is 0 Å². The van der Waals surface area contributed by atoms with Crippen molar-refractivity contribution in [2.45, 2.75) is 5.33 Å². The predicted molar refractivity (Wildman–Crippen MR) is 74.3 cm³/mol. The number of fused-ring (bicyclic) bond motifs is 1. The molecule has 17 heavy (non-hydrogen) atoms. The normalized spacial score (nSPS) is 10.9. The molecule has 0 spiro atoms. The summed E-state index contributed by atoms with van der Waals surface area (Å²) < 4.78 is 5.95. The molecular weight excluding hydrogens is 276 g/mol. The third-order valence-electron chi connectivity index (χ3n) is 2.83. The molecule has 0 N–H and O–H groups in total. The standard InChI is InChI=1S/C15H11BrO/c16-10-13-8-4-7-12-9-14(17-15(12)13)11-5-2-1-3-6-11/h1-9H,10H2. The molecule has 0 aliphatic rings. The van der Waals surface area contributed by atoms with E-state index in [0.717, 1.165) is 27.6 Å². The number of hydrogen-bond donors (Lipinski definition) is 0. The highest BCUT2D eigenvalue weighted by Crippen LogP contribution is 2.30. The van der Waals surface area contributed by atoms with E-state index in [-0.39, 0.29) is 0 Å². The minimum absolute atomic E-state index is 0.812. The Morgan fingerprint density at radius 2 is 1.76 bits per heavy atom. The molecule has 0 bridgehead atoms. The molecule has 0 fully saturated rings. The zero-order valence-electron chi connectivity index (χ0n) is 9.19. The highest BCUT2D eigenvalue weighted by Gasteiger charge is 2.08. The van der Waals surface area contributed by atoms with Crippen LogP contribution in [0.4, 0.5) is 0 Å². The van der Waals surface area contributed by atoms with E-state index in [1.165, 1.54) is 5.56 Å². The van der Waals surface area contributed by atoms with Crippen LogP contribution in [0.2, 0.25) is 0 Å². The van der Waals surface area contributed by atoms with Gasteiger partial charge in [-0.3, -0.25) is 0 Å². The van der Waals surface area contributed by atoms with Crippen LogP contribution in [-0.2, 0) is 5.33 Å². The SMILES string of the molecule is BrCc1cccc2cc(-c3ccccc3)oc12. The Labute approximate surface area is 108 Å². The Kier molecular flexibility index (Phi) is 2.73. The van der Waals surface area contributed by atoms with E-state index in [4.69, 9.17) is 4.42 Å². The monoisotopic (exact) mass is 286 g/mol. The molecule has 1 aromatic heterocycles. The van der Waals surface area contributed by atoms with Gasteiger partial charge in [-0.15, -0.1) is 0 Å². The van der Waals surface area contributed by atoms with Gasteiger partial charge in [0.05, 0.1) is 0 Å². The lowest BCUT2D eigenvalue weighted by molar-refractivity contribution is 0.628. The smallest absolute Gasteiger partial charge is 0.138 e. The highest BCUT2D eigenvalue weighted by molar-refractivity contribution is 9.08. The molecule has 0 amide bonds. The van der Waals surface area contributed by atoms with Gasteiger partial charge in [0, 0.05) is 21.8 Å².